The van der Waals surface area contributed by atoms with Gasteiger partial charge in [0.25, 0.3) is 0 Å². The first-order valence-electron chi connectivity index (χ1n) is 8.96. The Hall–Kier alpha value is -2.76. The Labute approximate surface area is 157 Å². The Bertz CT molecular complexity index is 878. The highest BCUT2D eigenvalue weighted by molar-refractivity contribution is 6.03. The van der Waals surface area contributed by atoms with Crippen LogP contribution < -0.4 is 4.74 Å². The number of para-hydroxylation sites is 1. The molecule has 0 fully saturated rings. The fourth-order valence-corrected chi connectivity index (χ4v) is 4.06. The minimum Gasteiger partial charge on any atom is -0.500 e. The third-order valence-corrected chi connectivity index (χ3v) is 5.12. The van der Waals surface area contributed by atoms with Crippen LogP contribution in [0.25, 0.3) is 0 Å². The molecule has 0 saturated heterocycles. The molecular weight excluding hydrogens is 348 g/mol. The van der Waals surface area contributed by atoms with E-state index in [0.29, 0.717) is 34.8 Å². The summed E-state index contributed by atoms with van der Waals surface area (Å²) in [5, 5.41) is 0. The highest BCUT2D eigenvalue weighted by atomic mass is 16.6. The molecule has 142 valence electrons. The maximum Gasteiger partial charge on any atom is 0.303 e. The molecule has 0 amide bonds. The van der Waals surface area contributed by atoms with Crippen LogP contribution in [0.5, 0.6) is 5.75 Å². The quantitative estimate of drug-likeness (QED) is 0.745. The largest absolute Gasteiger partial charge is 0.500 e. The normalized spacial score (nSPS) is 27.9. The number of ketones is 1. The zero-order valence-corrected chi connectivity index (χ0v) is 15.8. The lowest BCUT2D eigenvalue weighted by molar-refractivity contribution is -0.150. The smallest absolute Gasteiger partial charge is 0.303 e. The fraction of sp³-hybridized carbons (Fsp3) is 0.429. The summed E-state index contributed by atoms with van der Waals surface area (Å²) in [6.45, 7) is 5.24. The topological polar surface area (TPSA) is 71.1 Å². The second kappa shape index (κ2) is 6.15. The van der Waals surface area contributed by atoms with Crippen LogP contribution >= 0.6 is 0 Å². The predicted molar refractivity (Wildman–Crippen MR) is 96.1 cm³/mol. The van der Waals surface area contributed by atoms with Crippen molar-refractivity contribution < 1.29 is 28.5 Å². The summed E-state index contributed by atoms with van der Waals surface area (Å²) in [6.07, 6.45) is 1.04. The van der Waals surface area contributed by atoms with Gasteiger partial charge < -0.3 is 18.9 Å². The van der Waals surface area contributed by atoms with Gasteiger partial charge in [-0.05, 0) is 26.0 Å². The molecule has 0 saturated carbocycles. The number of hydrogen-bond acceptors (Lipinski definition) is 6. The van der Waals surface area contributed by atoms with Crippen LogP contribution in [-0.2, 0) is 19.0 Å². The van der Waals surface area contributed by atoms with E-state index in [1.54, 1.807) is 24.3 Å². The lowest BCUT2D eigenvalue weighted by atomic mass is 9.76. The fourth-order valence-electron chi connectivity index (χ4n) is 4.06. The number of fused-ring (bicyclic) bond motifs is 3. The second-order valence-corrected chi connectivity index (χ2v) is 7.61. The molecule has 2 heterocycles. The van der Waals surface area contributed by atoms with E-state index < -0.39 is 23.7 Å². The van der Waals surface area contributed by atoms with Gasteiger partial charge >= 0.3 is 5.97 Å². The lowest BCUT2D eigenvalue weighted by Gasteiger charge is -2.45. The first-order valence-corrected chi connectivity index (χ1v) is 8.96. The van der Waals surface area contributed by atoms with Crippen molar-refractivity contribution in [3.63, 3.8) is 0 Å². The van der Waals surface area contributed by atoms with Crippen molar-refractivity contribution in [3.8, 4) is 5.75 Å². The molecule has 27 heavy (non-hydrogen) atoms. The van der Waals surface area contributed by atoms with Crippen LogP contribution in [0.1, 0.15) is 37.6 Å². The van der Waals surface area contributed by atoms with Gasteiger partial charge in [0, 0.05) is 19.4 Å². The number of methoxy groups -OCH3 is 1. The number of ether oxygens (including phenoxy) is 4. The van der Waals surface area contributed by atoms with Crippen molar-refractivity contribution in [2.24, 2.45) is 5.92 Å². The molecule has 0 spiro atoms. The van der Waals surface area contributed by atoms with Gasteiger partial charge in [-0.1, -0.05) is 12.1 Å². The van der Waals surface area contributed by atoms with Crippen molar-refractivity contribution in [2.75, 3.05) is 7.11 Å². The number of esters is 1. The first kappa shape index (κ1) is 17.6. The highest BCUT2D eigenvalue weighted by Gasteiger charge is 2.51. The van der Waals surface area contributed by atoms with Gasteiger partial charge in [0.15, 0.2) is 5.78 Å². The maximum atomic E-state index is 13.2. The SMILES string of the molecule is COC1=CC2=C(C3Oc4ccccc4C(=O)C13)[C@H](OC(C)=O)CC(C)(C)O2. The summed E-state index contributed by atoms with van der Waals surface area (Å²) in [5.74, 6) is 0.448. The summed E-state index contributed by atoms with van der Waals surface area (Å²) in [7, 11) is 1.53. The van der Waals surface area contributed by atoms with Gasteiger partial charge in [-0.2, -0.15) is 0 Å². The van der Waals surface area contributed by atoms with E-state index in [0.717, 1.165) is 0 Å². The third kappa shape index (κ3) is 2.89. The number of allylic oxidation sites excluding steroid dienone is 1. The second-order valence-electron chi connectivity index (χ2n) is 7.61. The molecule has 3 atom stereocenters. The van der Waals surface area contributed by atoms with Gasteiger partial charge in [-0.3, -0.25) is 9.59 Å². The zero-order valence-electron chi connectivity index (χ0n) is 15.8. The van der Waals surface area contributed by atoms with E-state index in [4.69, 9.17) is 18.9 Å². The van der Waals surface area contributed by atoms with Crippen LogP contribution in [0.4, 0.5) is 0 Å². The zero-order chi connectivity index (χ0) is 19.3. The number of carbonyl (C=O) groups is 2. The van der Waals surface area contributed by atoms with Crippen LogP contribution in [0.15, 0.2) is 47.4 Å². The van der Waals surface area contributed by atoms with Crippen molar-refractivity contribution in [2.45, 2.75) is 45.0 Å². The molecule has 3 aliphatic rings. The molecule has 0 aromatic heterocycles. The number of Topliss-reactive ketones (excluding diaryl/α,β-unsaturated/α-hetero) is 1. The van der Waals surface area contributed by atoms with Crippen molar-refractivity contribution >= 4 is 11.8 Å². The molecule has 0 bridgehead atoms. The minimum absolute atomic E-state index is 0.0760. The average Bonchev–Trinajstić information content (AvgIpc) is 2.59. The average molecular weight is 370 g/mol. The minimum atomic E-state index is -0.636. The summed E-state index contributed by atoms with van der Waals surface area (Å²) < 4.78 is 23.5. The van der Waals surface area contributed by atoms with E-state index in [9.17, 15) is 9.59 Å². The van der Waals surface area contributed by atoms with Gasteiger partial charge in [0.2, 0.25) is 0 Å². The summed E-state index contributed by atoms with van der Waals surface area (Å²) in [6, 6.07) is 7.14. The number of hydrogen-bond donors (Lipinski definition) is 0. The van der Waals surface area contributed by atoms with E-state index in [-0.39, 0.29) is 11.8 Å². The van der Waals surface area contributed by atoms with Gasteiger partial charge in [0.1, 0.15) is 41.0 Å². The number of rotatable bonds is 2. The molecule has 2 unspecified atom stereocenters. The molecule has 6 nitrogen and oxygen atoms in total. The molecular formula is C21H22O6. The Morgan fingerprint density at radius 2 is 2.00 bits per heavy atom. The molecule has 1 aromatic rings. The first-order chi connectivity index (χ1) is 12.8. The molecule has 1 aromatic carbocycles. The molecule has 0 N–H and O–H groups in total. The van der Waals surface area contributed by atoms with Crippen LogP contribution in [-0.4, -0.2) is 36.7 Å². The van der Waals surface area contributed by atoms with Gasteiger partial charge in [0.05, 0.1) is 18.2 Å². The Balaban J connectivity index is 1.86. The van der Waals surface area contributed by atoms with Crippen molar-refractivity contribution in [3.05, 3.63) is 53.0 Å². The van der Waals surface area contributed by atoms with Crippen molar-refractivity contribution in [1.82, 2.24) is 0 Å². The Morgan fingerprint density at radius 3 is 2.70 bits per heavy atom. The van der Waals surface area contributed by atoms with Crippen LogP contribution in [0, 0.1) is 5.92 Å². The highest BCUT2D eigenvalue weighted by Crippen LogP contribution is 2.46. The Morgan fingerprint density at radius 1 is 1.26 bits per heavy atom. The van der Waals surface area contributed by atoms with Gasteiger partial charge in [-0.15, -0.1) is 0 Å². The van der Waals surface area contributed by atoms with E-state index in [1.165, 1.54) is 14.0 Å². The standard InChI is InChI=1S/C21H22O6/c1-11(22)25-16-10-21(2,3)27-15-9-14(24-4)18-19(23)12-7-5-6-8-13(12)26-20(18)17(15)16/h5-9,16,18,20H,10H2,1-4H3/t16-,18?,20?/m1/s1. The van der Waals surface area contributed by atoms with Crippen molar-refractivity contribution in [1.29, 1.82) is 0 Å². The van der Waals surface area contributed by atoms with E-state index in [2.05, 4.69) is 0 Å². The van der Waals surface area contributed by atoms with E-state index >= 15 is 0 Å². The summed E-state index contributed by atoms with van der Waals surface area (Å²) in [4.78, 5) is 24.9. The summed E-state index contributed by atoms with van der Waals surface area (Å²) in [5.41, 5.74) is 0.669. The van der Waals surface area contributed by atoms with Crippen LogP contribution in [0.2, 0.25) is 0 Å². The molecule has 0 radical (unpaired) electrons. The van der Waals surface area contributed by atoms with E-state index in [1.807, 2.05) is 19.9 Å². The number of benzene rings is 1. The Kier molecular flexibility index (Phi) is 4.02. The van der Waals surface area contributed by atoms with Gasteiger partial charge in [-0.25, -0.2) is 0 Å². The third-order valence-electron chi connectivity index (χ3n) is 5.12. The monoisotopic (exact) mass is 370 g/mol. The molecule has 6 heteroatoms. The molecule has 4 rings (SSSR count). The molecule has 2 aliphatic heterocycles. The summed E-state index contributed by atoms with van der Waals surface area (Å²) >= 11 is 0. The predicted octanol–water partition coefficient (Wildman–Crippen LogP) is 3.18. The molecule has 1 aliphatic carbocycles. The lowest BCUT2D eigenvalue weighted by Crippen LogP contribution is -2.50. The number of carbonyl (C=O) groups excluding carboxylic acids is 2. The van der Waals surface area contributed by atoms with Crippen LogP contribution in [0.3, 0.4) is 0 Å². The maximum absolute atomic E-state index is 13.2.